The quantitative estimate of drug-likeness (QED) is 0.0634. The number of methoxy groups -OCH3 is 2. The first-order valence-corrected chi connectivity index (χ1v) is 13.5. The van der Waals surface area contributed by atoms with Crippen LogP contribution in [0.1, 0.15) is 33.5 Å². The topological polar surface area (TPSA) is 214 Å². The van der Waals surface area contributed by atoms with Gasteiger partial charge in [-0.1, -0.05) is 40.3 Å². The molecule has 0 saturated carbocycles. The van der Waals surface area contributed by atoms with E-state index in [0.29, 0.717) is 34.7 Å². The lowest BCUT2D eigenvalue weighted by Gasteiger charge is -2.10. The molecule has 0 saturated heterocycles. The van der Waals surface area contributed by atoms with Gasteiger partial charge in [0.2, 0.25) is 0 Å². The Morgan fingerprint density at radius 1 is 0.688 bits per heavy atom. The van der Waals surface area contributed by atoms with Crippen molar-refractivity contribution in [3.63, 3.8) is 0 Å². The monoisotopic (exact) mass is 682 g/mol. The van der Waals surface area contributed by atoms with Gasteiger partial charge in [-0.15, -0.1) is 0 Å². The summed E-state index contributed by atoms with van der Waals surface area (Å²) < 4.78 is 20.9. The molecule has 3 aromatic carbocycles. The Labute approximate surface area is 271 Å². The minimum absolute atomic E-state index is 0.0905. The van der Waals surface area contributed by atoms with Crippen LogP contribution in [0.2, 0.25) is 0 Å². The fourth-order valence-corrected chi connectivity index (χ4v) is 3.71. The number of hydrogen-bond acceptors (Lipinski definition) is 18. The average molecular weight is 683 g/mol. The third kappa shape index (κ3) is 13.8. The zero-order valence-electron chi connectivity index (χ0n) is 25.5. The van der Waals surface area contributed by atoms with Crippen LogP contribution in [0.15, 0.2) is 60.7 Å². The number of carbonyl (C=O) groups is 3. The van der Waals surface area contributed by atoms with Crippen LogP contribution in [-0.4, -0.2) is 39.1 Å². The molecule has 20 nitrogen and oxygen atoms in total. The number of amides is 2. The SMILES string of the molecule is COc1ccc(CCCc2cccc(OCC(=O)NOOOOOOOOOOONC(=O)Oc3cccc(C=O)c3C)c2)cc1OC. The number of benzene rings is 3. The maximum atomic E-state index is 11.8. The number of hydrogen-bond donors (Lipinski definition) is 2. The van der Waals surface area contributed by atoms with Crippen molar-refractivity contribution in [1.29, 1.82) is 0 Å². The molecule has 260 valence electrons. The molecule has 0 unspecified atom stereocenters. The van der Waals surface area contributed by atoms with Crippen LogP contribution >= 0.6 is 0 Å². The molecule has 0 fully saturated rings. The van der Waals surface area contributed by atoms with Gasteiger partial charge in [0, 0.05) is 11.1 Å². The fourth-order valence-electron chi connectivity index (χ4n) is 3.71. The summed E-state index contributed by atoms with van der Waals surface area (Å²) in [5.74, 6) is 1.17. The Balaban J connectivity index is 1.14. The summed E-state index contributed by atoms with van der Waals surface area (Å²) in [6.07, 6.45) is 1.94. The molecule has 0 heterocycles. The molecule has 0 aliphatic rings. The molecular weight excluding hydrogens is 652 g/mol. The molecule has 0 aliphatic carbocycles. The summed E-state index contributed by atoms with van der Waals surface area (Å²) in [6.45, 7) is 1.15. The highest BCUT2D eigenvalue weighted by molar-refractivity contribution is 5.79. The van der Waals surface area contributed by atoms with Crippen LogP contribution in [0.25, 0.3) is 0 Å². The number of nitrogens with one attached hydrogen (secondary N) is 2. The maximum Gasteiger partial charge on any atom is 0.439 e. The van der Waals surface area contributed by atoms with E-state index < -0.39 is 18.6 Å². The Morgan fingerprint density at radius 2 is 1.31 bits per heavy atom. The predicted molar refractivity (Wildman–Crippen MR) is 149 cm³/mol. The van der Waals surface area contributed by atoms with Crippen molar-refractivity contribution < 1.29 is 88.7 Å². The van der Waals surface area contributed by atoms with Crippen molar-refractivity contribution in [2.75, 3.05) is 20.8 Å². The third-order valence-corrected chi connectivity index (χ3v) is 5.87. The number of aryl methyl sites for hydroxylation is 2. The zero-order chi connectivity index (χ0) is 34.4. The van der Waals surface area contributed by atoms with Gasteiger partial charge in [0.1, 0.15) is 17.8 Å². The molecule has 48 heavy (non-hydrogen) atoms. The maximum absolute atomic E-state index is 11.8. The first kappa shape index (κ1) is 37.5. The van der Waals surface area contributed by atoms with Gasteiger partial charge in [0.15, 0.2) is 18.1 Å². The Hall–Kier alpha value is -4.97. The Kier molecular flexibility index (Phi) is 17.0. The highest BCUT2D eigenvalue weighted by Gasteiger charge is 2.11. The smallest absolute Gasteiger partial charge is 0.439 e. The second-order valence-electron chi connectivity index (χ2n) is 8.86. The highest BCUT2D eigenvalue weighted by Crippen LogP contribution is 2.28. The van der Waals surface area contributed by atoms with Gasteiger partial charge in [0.05, 0.1) is 14.2 Å². The highest BCUT2D eigenvalue weighted by atomic mass is 17.9. The van der Waals surface area contributed by atoms with Gasteiger partial charge in [-0.3, -0.25) is 9.59 Å². The number of hydroxylamine groups is 2. The average Bonchev–Trinajstić information content (AvgIpc) is 3.10. The van der Waals surface area contributed by atoms with Crippen LogP contribution in [0.5, 0.6) is 23.0 Å². The summed E-state index contributed by atoms with van der Waals surface area (Å²) in [6, 6.07) is 17.6. The second kappa shape index (κ2) is 21.8. The van der Waals surface area contributed by atoms with Gasteiger partial charge >= 0.3 is 6.09 Å². The van der Waals surface area contributed by atoms with Gasteiger partial charge in [0.25, 0.3) is 5.91 Å². The van der Waals surface area contributed by atoms with Crippen molar-refractivity contribution in [3.8, 4) is 23.0 Å². The number of rotatable bonds is 23. The molecule has 20 heteroatoms. The van der Waals surface area contributed by atoms with Crippen LogP contribution < -0.4 is 29.9 Å². The lowest BCUT2D eigenvalue weighted by molar-refractivity contribution is -0.856. The molecule has 0 radical (unpaired) electrons. The molecule has 0 atom stereocenters. The molecule has 0 aliphatic heterocycles. The van der Waals surface area contributed by atoms with Gasteiger partial charge in [-0.25, -0.2) is 4.79 Å². The molecular formula is C28H30N2O18. The van der Waals surface area contributed by atoms with Crippen molar-refractivity contribution in [2.45, 2.75) is 26.2 Å². The minimum Gasteiger partial charge on any atom is -0.493 e. The van der Waals surface area contributed by atoms with Crippen molar-refractivity contribution in [1.82, 2.24) is 11.0 Å². The molecule has 0 bridgehead atoms. The van der Waals surface area contributed by atoms with Crippen LogP contribution in [-0.2, 0) is 73.0 Å². The van der Waals surface area contributed by atoms with E-state index in [1.165, 1.54) is 18.2 Å². The van der Waals surface area contributed by atoms with Crippen LogP contribution in [0, 0.1) is 6.92 Å². The van der Waals surface area contributed by atoms with Gasteiger partial charge in [-0.2, -0.15) is 11.0 Å². The summed E-state index contributed by atoms with van der Waals surface area (Å²) in [7, 11) is 3.18. The fraction of sp³-hybridized carbons (Fsp3) is 0.250. The third-order valence-electron chi connectivity index (χ3n) is 5.87. The van der Waals surface area contributed by atoms with Gasteiger partial charge in [-0.05, 0) is 113 Å². The van der Waals surface area contributed by atoms with E-state index in [1.54, 1.807) is 32.7 Å². The zero-order valence-corrected chi connectivity index (χ0v) is 25.5. The summed E-state index contributed by atoms with van der Waals surface area (Å²) in [5, 5.41) is 34.3. The van der Waals surface area contributed by atoms with E-state index in [1.807, 2.05) is 41.9 Å². The van der Waals surface area contributed by atoms with Crippen molar-refractivity contribution in [2.24, 2.45) is 0 Å². The van der Waals surface area contributed by atoms with E-state index in [0.717, 1.165) is 30.4 Å². The first-order valence-electron chi connectivity index (χ1n) is 13.5. The van der Waals surface area contributed by atoms with Crippen molar-refractivity contribution in [3.05, 3.63) is 82.9 Å². The molecule has 2 amide bonds. The number of aldehydes is 1. The molecule has 3 rings (SSSR count). The number of carbonyl (C=O) groups excluding carboxylic acids is 3. The van der Waals surface area contributed by atoms with Gasteiger partial charge < -0.3 is 18.9 Å². The van der Waals surface area contributed by atoms with E-state index in [9.17, 15) is 14.4 Å². The van der Waals surface area contributed by atoms with Crippen LogP contribution in [0.4, 0.5) is 4.79 Å². The van der Waals surface area contributed by atoms with E-state index in [-0.39, 0.29) is 5.75 Å². The van der Waals surface area contributed by atoms with Crippen molar-refractivity contribution >= 4 is 18.3 Å². The normalized spacial score (nSPS) is 10.6. The molecule has 3 aromatic rings. The summed E-state index contributed by atoms with van der Waals surface area (Å²) in [5.41, 5.74) is 6.35. The summed E-state index contributed by atoms with van der Waals surface area (Å²) in [4.78, 5) is 42.6. The first-order chi connectivity index (χ1) is 23.4. The molecule has 0 spiro atoms. The minimum atomic E-state index is -1.14. The van der Waals surface area contributed by atoms with E-state index >= 15 is 0 Å². The largest absolute Gasteiger partial charge is 0.493 e. The number of ether oxygens (including phenoxy) is 4. The predicted octanol–water partition coefficient (Wildman–Crippen LogP) is 3.45. The Morgan fingerprint density at radius 3 is 1.98 bits per heavy atom. The van der Waals surface area contributed by atoms with E-state index in [2.05, 4.69) is 55.3 Å². The van der Waals surface area contributed by atoms with E-state index in [4.69, 9.17) is 18.9 Å². The van der Waals surface area contributed by atoms with Crippen LogP contribution in [0.3, 0.4) is 0 Å². The summed E-state index contributed by atoms with van der Waals surface area (Å²) >= 11 is 0. The lowest BCUT2D eigenvalue weighted by Crippen LogP contribution is -2.29. The Bertz CT molecular complexity index is 1440. The molecule has 0 aromatic heterocycles. The molecule has 2 N–H and O–H groups in total. The second-order valence-corrected chi connectivity index (χ2v) is 8.86. The lowest BCUT2D eigenvalue weighted by atomic mass is 10.0. The standard InChI is InChI=1S/C28H30N2O18/c1-19-22(17-31)10-6-12-24(19)37-28(33)30-39-41-43-45-47-48-46-44-42-40-38-29-27(32)18-36-23-11-5-9-20(15-23)7-4-8-21-13-14-25(34-2)26(16-21)35-3/h5-6,9-17H,4,7-8,18H2,1-3H3,(H,29,32)(H,30,33).